The molecule has 2 aromatic rings. The minimum absolute atomic E-state index is 0.0981. The summed E-state index contributed by atoms with van der Waals surface area (Å²) in [6, 6.07) is 10.4. The highest BCUT2D eigenvalue weighted by Gasteiger charge is 2.12. The van der Waals surface area contributed by atoms with Gasteiger partial charge in [-0.05, 0) is 43.2 Å². The van der Waals surface area contributed by atoms with Crippen molar-refractivity contribution in [2.45, 2.75) is 13.8 Å². The molecule has 0 aliphatic carbocycles. The molecule has 0 bridgehead atoms. The smallest absolute Gasteiger partial charge is 0.267 e. The van der Waals surface area contributed by atoms with Crippen LogP contribution in [0.3, 0.4) is 0 Å². The number of methoxy groups -OCH3 is 1. The first-order chi connectivity index (χ1) is 12.3. The SMILES string of the molecule is COc1cc(Cl)c(C)cc1N/C=C(/C#N)C(=O)Nc1cc(Cl)ccc1C. The number of hydrogen-bond acceptors (Lipinski definition) is 4. The largest absolute Gasteiger partial charge is 0.495 e. The molecule has 5 nitrogen and oxygen atoms in total. The molecule has 134 valence electrons. The van der Waals surface area contributed by atoms with Crippen molar-refractivity contribution in [3.8, 4) is 11.8 Å². The molecule has 26 heavy (non-hydrogen) atoms. The van der Waals surface area contributed by atoms with Gasteiger partial charge in [0.25, 0.3) is 5.91 Å². The lowest BCUT2D eigenvalue weighted by molar-refractivity contribution is -0.112. The average Bonchev–Trinajstić information content (AvgIpc) is 2.61. The van der Waals surface area contributed by atoms with E-state index in [0.717, 1.165) is 11.1 Å². The van der Waals surface area contributed by atoms with E-state index in [1.54, 1.807) is 30.3 Å². The molecule has 0 atom stereocenters. The third kappa shape index (κ3) is 4.69. The Labute approximate surface area is 162 Å². The fourth-order valence-corrected chi connectivity index (χ4v) is 2.49. The Morgan fingerprint density at radius 1 is 1.15 bits per heavy atom. The first-order valence-corrected chi connectivity index (χ1v) is 8.39. The number of rotatable bonds is 5. The third-order valence-corrected chi connectivity index (χ3v) is 4.31. The number of halogens is 2. The van der Waals surface area contributed by atoms with Gasteiger partial charge in [0.2, 0.25) is 0 Å². The molecule has 0 unspecified atom stereocenters. The number of carbonyl (C=O) groups is 1. The summed E-state index contributed by atoms with van der Waals surface area (Å²) in [4.78, 5) is 12.4. The number of carbonyl (C=O) groups excluding carboxylic acids is 1. The topological polar surface area (TPSA) is 74.1 Å². The highest BCUT2D eigenvalue weighted by Crippen LogP contribution is 2.31. The summed E-state index contributed by atoms with van der Waals surface area (Å²) < 4.78 is 5.26. The van der Waals surface area contributed by atoms with Gasteiger partial charge in [-0.3, -0.25) is 4.79 Å². The Hall–Kier alpha value is -2.68. The second-order valence-electron chi connectivity index (χ2n) is 5.53. The van der Waals surface area contributed by atoms with Crippen LogP contribution in [0.5, 0.6) is 5.75 Å². The summed E-state index contributed by atoms with van der Waals surface area (Å²) in [6.07, 6.45) is 1.32. The molecule has 1 amide bonds. The van der Waals surface area contributed by atoms with Gasteiger partial charge in [-0.2, -0.15) is 5.26 Å². The van der Waals surface area contributed by atoms with Gasteiger partial charge in [0.15, 0.2) is 0 Å². The van der Waals surface area contributed by atoms with Crippen molar-refractivity contribution in [3.05, 3.63) is 63.3 Å². The first-order valence-electron chi connectivity index (χ1n) is 7.64. The number of nitriles is 1. The van der Waals surface area contributed by atoms with Crippen molar-refractivity contribution in [2.24, 2.45) is 0 Å². The second-order valence-corrected chi connectivity index (χ2v) is 6.37. The lowest BCUT2D eigenvalue weighted by Crippen LogP contribution is -2.15. The third-order valence-electron chi connectivity index (χ3n) is 3.67. The number of aryl methyl sites for hydroxylation is 2. The highest BCUT2D eigenvalue weighted by molar-refractivity contribution is 6.31. The van der Waals surface area contributed by atoms with Crippen LogP contribution in [0, 0.1) is 25.2 Å². The zero-order chi connectivity index (χ0) is 19.3. The van der Waals surface area contributed by atoms with Crippen LogP contribution in [0.1, 0.15) is 11.1 Å². The van der Waals surface area contributed by atoms with Crippen LogP contribution in [0.25, 0.3) is 0 Å². The first kappa shape index (κ1) is 19.6. The fraction of sp³-hybridized carbons (Fsp3) is 0.158. The Kier molecular flexibility index (Phi) is 6.51. The van der Waals surface area contributed by atoms with Gasteiger partial charge >= 0.3 is 0 Å². The molecule has 0 saturated heterocycles. The number of amides is 1. The van der Waals surface area contributed by atoms with Gasteiger partial charge in [0.05, 0.1) is 12.8 Å². The summed E-state index contributed by atoms with van der Waals surface area (Å²) in [5, 5.41) is 16.0. The molecule has 2 rings (SSSR count). The molecular formula is C19H17Cl2N3O2. The summed E-state index contributed by atoms with van der Waals surface area (Å²) in [7, 11) is 1.51. The Balaban J connectivity index is 2.23. The zero-order valence-electron chi connectivity index (χ0n) is 14.5. The number of nitrogens with one attached hydrogen (secondary N) is 2. The van der Waals surface area contributed by atoms with Crippen molar-refractivity contribution in [1.29, 1.82) is 5.26 Å². The number of nitrogens with zero attached hydrogens (tertiary/aromatic N) is 1. The molecule has 0 heterocycles. The molecule has 0 radical (unpaired) electrons. The van der Waals surface area contributed by atoms with Gasteiger partial charge in [0, 0.05) is 28.0 Å². The van der Waals surface area contributed by atoms with E-state index in [9.17, 15) is 10.1 Å². The van der Waals surface area contributed by atoms with Crippen LogP contribution in [-0.4, -0.2) is 13.0 Å². The van der Waals surface area contributed by atoms with Crippen LogP contribution in [-0.2, 0) is 4.79 Å². The molecule has 0 spiro atoms. The predicted octanol–water partition coefficient (Wildman–Crippen LogP) is 5.08. The standard InChI is InChI=1S/C19H17Cl2N3O2/c1-11-4-5-14(20)7-16(11)24-19(25)13(9-22)10-23-17-6-12(2)15(21)8-18(17)26-3/h4-8,10,23H,1-3H3,(H,24,25)/b13-10-. The van der Waals surface area contributed by atoms with E-state index in [0.29, 0.717) is 27.2 Å². The van der Waals surface area contributed by atoms with Crippen molar-refractivity contribution in [3.63, 3.8) is 0 Å². The monoisotopic (exact) mass is 389 g/mol. The van der Waals surface area contributed by atoms with E-state index < -0.39 is 5.91 Å². The van der Waals surface area contributed by atoms with Crippen molar-refractivity contribution in [2.75, 3.05) is 17.7 Å². The molecule has 0 aliphatic heterocycles. The lowest BCUT2D eigenvalue weighted by Gasteiger charge is -2.11. The van der Waals surface area contributed by atoms with E-state index in [4.69, 9.17) is 27.9 Å². The molecule has 7 heteroatoms. The molecular weight excluding hydrogens is 373 g/mol. The van der Waals surface area contributed by atoms with E-state index in [-0.39, 0.29) is 5.57 Å². The maximum atomic E-state index is 12.4. The number of ether oxygens (including phenoxy) is 1. The summed E-state index contributed by atoms with van der Waals surface area (Å²) in [5.41, 5.74) is 2.71. The minimum atomic E-state index is -0.546. The second kappa shape index (κ2) is 8.61. The molecule has 2 aromatic carbocycles. The Bertz CT molecular complexity index is 918. The molecule has 0 aliphatic rings. The van der Waals surface area contributed by atoms with Gasteiger partial charge < -0.3 is 15.4 Å². The molecule has 2 N–H and O–H groups in total. The summed E-state index contributed by atoms with van der Waals surface area (Å²) >= 11 is 12.0. The van der Waals surface area contributed by atoms with Crippen molar-refractivity contribution in [1.82, 2.24) is 0 Å². The van der Waals surface area contributed by atoms with Crippen molar-refractivity contribution < 1.29 is 9.53 Å². The normalized spacial score (nSPS) is 10.8. The predicted molar refractivity (Wildman–Crippen MR) is 105 cm³/mol. The highest BCUT2D eigenvalue weighted by atomic mass is 35.5. The van der Waals surface area contributed by atoms with Gasteiger partial charge in [-0.1, -0.05) is 29.3 Å². The van der Waals surface area contributed by atoms with E-state index in [1.165, 1.54) is 13.3 Å². The lowest BCUT2D eigenvalue weighted by atomic mass is 10.2. The average molecular weight is 390 g/mol. The van der Waals surface area contributed by atoms with Crippen LogP contribution in [0.2, 0.25) is 10.0 Å². The van der Waals surface area contributed by atoms with Crippen LogP contribution in [0.4, 0.5) is 11.4 Å². The van der Waals surface area contributed by atoms with E-state index >= 15 is 0 Å². The van der Waals surface area contributed by atoms with E-state index in [1.807, 2.05) is 19.9 Å². The minimum Gasteiger partial charge on any atom is -0.495 e. The van der Waals surface area contributed by atoms with Crippen molar-refractivity contribution >= 4 is 40.5 Å². The maximum absolute atomic E-state index is 12.4. The maximum Gasteiger partial charge on any atom is 0.267 e. The molecule has 0 saturated carbocycles. The van der Waals surface area contributed by atoms with Gasteiger partial charge in [0.1, 0.15) is 17.4 Å². The number of benzene rings is 2. The number of hydrogen-bond donors (Lipinski definition) is 2. The zero-order valence-corrected chi connectivity index (χ0v) is 16.0. The van der Waals surface area contributed by atoms with Gasteiger partial charge in [-0.15, -0.1) is 0 Å². The Morgan fingerprint density at radius 2 is 1.88 bits per heavy atom. The quantitative estimate of drug-likeness (QED) is 0.552. The molecule has 0 fully saturated rings. The fourth-order valence-electron chi connectivity index (χ4n) is 2.16. The Morgan fingerprint density at radius 3 is 2.54 bits per heavy atom. The van der Waals surface area contributed by atoms with E-state index in [2.05, 4.69) is 10.6 Å². The number of anilines is 2. The summed E-state index contributed by atoms with van der Waals surface area (Å²) in [5.74, 6) is -0.0461. The van der Waals surface area contributed by atoms with Crippen LogP contribution in [0.15, 0.2) is 42.1 Å². The van der Waals surface area contributed by atoms with Crippen LogP contribution < -0.4 is 15.4 Å². The summed E-state index contributed by atoms with van der Waals surface area (Å²) in [6.45, 7) is 3.68. The van der Waals surface area contributed by atoms with Gasteiger partial charge in [-0.25, -0.2) is 0 Å². The molecule has 0 aromatic heterocycles. The van der Waals surface area contributed by atoms with Crippen LogP contribution >= 0.6 is 23.2 Å².